The smallest absolute Gasteiger partial charge is 0.240 e. The van der Waals surface area contributed by atoms with Crippen LogP contribution in [-0.2, 0) is 6.61 Å². The molecule has 0 aromatic heterocycles. The van der Waals surface area contributed by atoms with Gasteiger partial charge >= 0.3 is 0 Å². The summed E-state index contributed by atoms with van der Waals surface area (Å²) >= 11 is 0. The van der Waals surface area contributed by atoms with Crippen LogP contribution in [-0.4, -0.2) is 6.43 Å². The molecule has 0 saturated heterocycles. The first kappa shape index (κ1) is 17.4. The van der Waals surface area contributed by atoms with Crippen LogP contribution in [0.25, 0.3) is 0 Å². The van der Waals surface area contributed by atoms with Gasteiger partial charge in [0.15, 0.2) is 0 Å². The van der Waals surface area contributed by atoms with Crippen molar-refractivity contribution in [3.8, 4) is 5.75 Å². The highest BCUT2D eigenvalue weighted by atomic mass is 35.5. The molecule has 0 amide bonds. The molecule has 0 radical (unpaired) electrons. The van der Waals surface area contributed by atoms with E-state index in [0.717, 1.165) is 5.56 Å². The number of rotatable bonds is 6. The van der Waals surface area contributed by atoms with E-state index >= 15 is 0 Å². The average Bonchev–Trinajstić information content (AvgIpc) is 2.46. The molecule has 0 heterocycles. The monoisotopic (exact) mass is 313 g/mol. The number of hydrogen-bond acceptors (Lipinski definition) is 2. The third-order valence-corrected chi connectivity index (χ3v) is 2.97. The van der Waals surface area contributed by atoms with Gasteiger partial charge in [-0.25, -0.2) is 8.78 Å². The minimum atomic E-state index is -2.40. The van der Waals surface area contributed by atoms with Crippen LogP contribution in [0.15, 0.2) is 54.6 Å². The standard InChI is InChI=1S/C16H17F2NO.ClH/c17-16(18)10-15(19)13-7-4-8-14(9-13)20-11-12-5-2-1-3-6-12;/h1-9,15-16H,10-11,19H2;1H/t15-;/m0./s1. The Balaban J connectivity index is 0.00000220. The van der Waals surface area contributed by atoms with Crippen LogP contribution in [0.5, 0.6) is 5.75 Å². The fraction of sp³-hybridized carbons (Fsp3) is 0.250. The molecule has 2 rings (SSSR count). The first-order chi connectivity index (χ1) is 9.65. The molecule has 1 atom stereocenters. The molecule has 114 valence electrons. The van der Waals surface area contributed by atoms with Crippen molar-refractivity contribution in [1.29, 1.82) is 0 Å². The topological polar surface area (TPSA) is 35.2 Å². The normalized spacial score (nSPS) is 11.8. The van der Waals surface area contributed by atoms with Crippen molar-refractivity contribution in [2.24, 2.45) is 5.73 Å². The highest BCUT2D eigenvalue weighted by Gasteiger charge is 2.13. The van der Waals surface area contributed by atoms with Crippen molar-refractivity contribution >= 4 is 12.4 Å². The Morgan fingerprint density at radius 1 is 1.00 bits per heavy atom. The van der Waals surface area contributed by atoms with Crippen molar-refractivity contribution in [2.75, 3.05) is 0 Å². The van der Waals surface area contributed by atoms with E-state index in [1.165, 1.54) is 0 Å². The van der Waals surface area contributed by atoms with Crippen molar-refractivity contribution in [2.45, 2.75) is 25.5 Å². The molecule has 2 aromatic carbocycles. The third-order valence-electron chi connectivity index (χ3n) is 2.97. The lowest BCUT2D eigenvalue weighted by Gasteiger charge is -2.13. The summed E-state index contributed by atoms with van der Waals surface area (Å²) in [4.78, 5) is 0. The molecule has 2 nitrogen and oxygen atoms in total. The fourth-order valence-corrected chi connectivity index (χ4v) is 1.90. The number of halogens is 3. The van der Waals surface area contributed by atoms with Gasteiger partial charge in [0.25, 0.3) is 0 Å². The zero-order valence-corrected chi connectivity index (χ0v) is 12.2. The summed E-state index contributed by atoms with van der Waals surface area (Å²) in [5.74, 6) is 0.635. The van der Waals surface area contributed by atoms with Crippen LogP contribution in [0, 0.1) is 0 Å². The van der Waals surface area contributed by atoms with Crippen LogP contribution in [0.4, 0.5) is 8.78 Å². The van der Waals surface area contributed by atoms with Gasteiger partial charge in [-0.2, -0.15) is 0 Å². The van der Waals surface area contributed by atoms with Crippen LogP contribution in [0.3, 0.4) is 0 Å². The highest BCUT2D eigenvalue weighted by molar-refractivity contribution is 5.85. The van der Waals surface area contributed by atoms with Gasteiger partial charge < -0.3 is 10.5 Å². The van der Waals surface area contributed by atoms with Crippen molar-refractivity contribution in [3.05, 3.63) is 65.7 Å². The maximum atomic E-state index is 12.3. The van der Waals surface area contributed by atoms with Gasteiger partial charge in [-0.15, -0.1) is 12.4 Å². The molecule has 2 aromatic rings. The van der Waals surface area contributed by atoms with E-state index in [-0.39, 0.29) is 18.8 Å². The molecule has 0 saturated carbocycles. The second-order valence-electron chi connectivity index (χ2n) is 4.58. The molecule has 2 N–H and O–H groups in total. The Morgan fingerprint density at radius 3 is 2.38 bits per heavy atom. The lowest BCUT2D eigenvalue weighted by Crippen LogP contribution is -2.14. The van der Waals surface area contributed by atoms with Gasteiger partial charge in [0.1, 0.15) is 12.4 Å². The minimum Gasteiger partial charge on any atom is -0.489 e. The number of nitrogens with two attached hydrogens (primary N) is 1. The van der Waals surface area contributed by atoms with Gasteiger partial charge in [-0.1, -0.05) is 42.5 Å². The van der Waals surface area contributed by atoms with E-state index in [9.17, 15) is 8.78 Å². The molecule has 0 unspecified atom stereocenters. The van der Waals surface area contributed by atoms with E-state index in [2.05, 4.69) is 0 Å². The Bertz CT molecular complexity index is 537. The Labute approximate surface area is 129 Å². The second-order valence-corrected chi connectivity index (χ2v) is 4.58. The summed E-state index contributed by atoms with van der Waals surface area (Å²) in [5.41, 5.74) is 7.45. The molecule has 21 heavy (non-hydrogen) atoms. The largest absolute Gasteiger partial charge is 0.489 e. The van der Waals surface area contributed by atoms with Crippen molar-refractivity contribution < 1.29 is 13.5 Å². The average molecular weight is 314 g/mol. The van der Waals surface area contributed by atoms with E-state index in [0.29, 0.717) is 17.9 Å². The first-order valence-electron chi connectivity index (χ1n) is 6.45. The van der Waals surface area contributed by atoms with E-state index < -0.39 is 12.5 Å². The molecular formula is C16H18ClF2NO. The zero-order valence-electron chi connectivity index (χ0n) is 11.4. The molecule has 0 aliphatic heterocycles. The summed E-state index contributed by atoms with van der Waals surface area (Å²) in [7, 11) is 0. The predicted molar refractivity (Wildman–Crippen MR) is 82.0 cm³/mol. The van der Waals surface area contributed by atoms with Crippen molar-refractivity contribution in [3.63, 3.8) is 0 Å². The summed E-state index contributed by atoms with van der Waals surface area (Å²) < 4.78 is 30.3. The lowest BCUT2D eigenvalue weighted by atomic mass is 10.0. The number of ether oxygens (including phenoxy) is 1. The maximum absolute atomic E-state index is 12.3. The molecule has 0 aliphatic carbocycles. The first-order valence-corrected chi connectivity index (χ1v) is 6.45. The van der Waals surface area contributed by atoms with E-state index in [1.807, 2.05) is 30.3 Å². The van der Waals surface area contributed by atoms with Gasteiger partial charge in [0.05, 0.1) is 0 Å². The molecular weight excluding hydrogens is 296 g/mol. The van der Waals surface area contributed by atoms with Crippen LogP contribution in [0.1, 0.15) is 23.6 Å². The predicted octanol–water partition coefficient (Wildman–Crippen LogP) is 4.34. The van der Waals surface area contributed by atoms with Crippen LogP contribution in [0.2, 0.25) is 0 Å². The van der Waals surface area contributed by atoms with Gasteiger partial charge in [-0.3, -0.25) is 0 Å². The molecule has 0 spiro atoms. The number of benzene rings is 2. The summed E-state index contributed by atoms with van der Waals surface area (Å²) in [5, 5.41) is 0. The van der Waals surface area contributed by atoms with Gasteiger partial charge in [0, 0.05) is 12.5 Å². The molecule has 0 fully saturated rings. The molecule has 5 heteroatoms. The Kier molecular flexibility index (Phi) is 7.12. The Hall–Kier alpha value is -1.65. The maximum Gasteiger partial charge on any atom is 0.240 e. The molecule has 0 bridgehead atoms. The highest BCUT2D eigenvalue weighted by Crippen LogP contribution is 2.22. The number of alkyl halides is 2. The fourth-order valence-electron chi connectivity index (χ4n) is 1.90. The van der Waals surface area contributed by atoms with Gasteiger partial charge in [0.2, 0.25) is 6.43 Å². The minimum absolute atomic E-state index is 0. The summed E-state index contributed by atoms with van der Waals surface area (Å²) in [6.45, 7) is 0.439. The zero-order chi connectivity index (χ0) is 14.4. The van der Waals surface area contributed by atoms with Crippen LogP contribution < -0.4 is 10.5 Å². The third kappa shape index (κ3) is 5.69. The van der Waals surface area contributed by atoms with Gasteiger partial charge in [-0.05, 0) is 23.3 Å². The van der Waals surface area contributed by atoms with E-state index in [1.54, 1.807) is 24.3 Å². The quantitative estimate of drug-likeness (QED) is 0.861. The summed E-state index contributed by atoms with van der Waals surface area (Å²) in [6.07, 6.45) is -2.75. The second kappa shape index (κ2) is 8.60. The van der Waals surface area contributed by atoms with E-state index in [4.69, 9.17) is 10.5 Å². The lowest BCUT2D eigenvalue weighted by molar-refractivity contribution is 0.128. The summed E-state index contributed by atoms with van der Waals surface area (Å²) in [6, 6.07) is 16.1. The SMILES string of the molecule is Cl.N[C@@H](CC(F)F)c1cccc(OCc2ccccc2)c1. The van der Waals surface area contributed by atoms with Crippen LogP contribution >= 0.6 is 12.4 Å². The van der Waals surface area contributed by atoms with Crippen molar-refractivity contribution in [1.82, 2.24) is 0 Å². The Morgan fingerprint density at radius 2 is 1.71 bits per heavy atom. The molecule has 0 aliphatic rings. The number of hydrogen-bond donors (Lipinski definition) is 1.